The summed E-state index contributed by atoms with van der Waals surface area (Å²) < 4.78 is 18.3. The molecular formula is C19H21FN2O2. The van der Waals surface area contributed by atoms with Gasteiger partial charge in [-0.15, -0.1) is 0 Å². The highest BCUT2D eigenvalue weighted by Gasteiger charge is 2.33. The first kappa shape index (κ1) is 16.4. The van der Waals surface area contributed by atoms with Gasteiger partial charge in [-0.05, 0) is 50.1 Å². The van der Waals surface area contributed by atoms with E-state index in [0.717, 1.165) is 18.5 Å². The van der Waals surface area contributed by atoms with Crippen molar-refractivity contribution in [1.29, 1.82) is 0 Å². The van der Waals surface area contributed by atoms with E-state index in [0.29, 0.717) is 18.0 Å². The van der Waals surface area contributed by atoms with Gasteiger partial charge in [0.2, 0.25) is 0 Å². The summed E-state index contributed by atoms with van der Waals surface area (Å²) in [5, 5.41) is 0. The fourth-order valence-corrected chi connectivity index (χ4v) is 3.30. The Labute approximate surface area is 141 Å². The molecule has 24 heavy (non-hydrogen) atoms. The second kappa shape index (κ2) is 6.99. The summed E-state index contributed by atoms with van der Waals surface area (Å²) in [6.45, 7) is 4.99. The van der Waals surface area contributed by atoms with Crippen LogP contribution in [-0.2, 0) is 4.74 Å². The molecule has 1 aliphatic heterocycles. The van der Waals surface area contributed by atoms with Gasteiger partial charge in [0.15, 0.2) is 0 Å². The predicted octanol–water partition coefficient (Wildman–Crippen LogP) is 3.78. The molecule has 5 heteroatoms. The van der Waals surface area contributed by atoms with Crippen molar-refractivity contribution in [3.63, 3.8) is 0 Å². The van der Waals surface area contributed by atoms with Crippen molar-refractivity contribution in [3.8, 4) is 0 Å². The number of anilines is 1. The lowest BCUT2D eigenvalue weighted by molar-refractivity contribution is 0.0526. The molecule has 1 aromatic carbocycles. The van der Waals surface area contributed by atoms with Gasteiger partial charge in [0.1, 0.15) is 17.2 Å². The topological polar surface area (TPSA) is 42.4 Å². The number of carbonyl (C=O) groups is 1. The van der Waals surface area contributed by atoms with Gasteiger partial charge in [-0.3, -0.25) is 0 Å². The van der Waals surface area contributed by atoms with E-state index in [9.17, 15) is 9.18 Å². The van der Waals surface area contributed by atoms with Gasteiger partial charge in [-0.1, -0.05) is 12.1 Å². The molecule has 1 saturated heterocycles. The van der Waals surface area contributed by atoms with Crippen molar-refractivity contribution in [3.05, 3.63) is 59.5 Å². The Morgan fingerprint density at radius 3 is 2.79 bits per heavy atom. The number of hydrogen-bond acceptors (Lipinski definition) is 4. The Morgan fingerprint density at radius 2 is 2.08 bits per heavy atom. The van der Waals surface area contributed by atoms with Gasteiger partial charge in [0.25, 0.3) is 0 Å². The van der Waals surface area contributed by atoms with Crippen LogP contribution in [0.15, 0.2) is 42.6 Å². The summed E-state index contributed by atoms with van der Waals surface area (Å²) in [6, 6.07) is 10.4. The van der Waals surface area contributed by atoms with Crippen molar-refractivity contribution in [2.24, 2.45) is 0 Å². The highest BCUT2D eigenvalue weighted by Crippen LogP contribution is 2.35. The summed E-state index contributed by atoms with van der Waals surface area (Å²) >= 11 is 0. The van der Waals surface area contributed by atoms with Gasteiger partial charge < -0.3 is 9.64 Å². The zero-order valence-electron chi connectivity index (χ0n) is 13.9. The number of esters is 1. The third-order valence-electron chi connectivity index (χ3n) is 4.47. The van der Waals surface area contributed by atoms with Crippen LogP contribution < -0.4 is 4.90 Å². The van der Waals surface area contributed by atoms with Crippen LogP contribution in [0, 0.1) is 5.82 Å². The molecule has 2 heterocycles. The molecule has 0 amide bonds. The Kier molecular flexibility index (Phi) is 4.79. The van der Waals surface area contributed by atoms with Gasteiger partial charge in [-0.2, -0.15) is 0 Å². The van der Waals surface area contributed by atoms with Gasteiger partial charge >= 0.3 is 5.97 Å². The highest BCUT2D eigenvalue weighted by molar-refractivity contribution is 5.94. The third-order valence-corrected chi connectivity index (χ3v) is 4.47. The molecule has 0 bridgehead atoms. The van der Waals surface area contributed by atoms with E-state index < -0.39 is 0 Å². The van der Waals surface area contributed by atoms with Crippen molar-refractivity contribution in [2.45, 2.75) is 32.2 Å². The summed E-state index contributed by atoms with van der Waals surface area (Å²) in [7, 11) is 0. The molecule has 2 atom stereocenters. The minimum Gasteiger partial charge on any atom is -0.462 e. The molecule has 126 valence electrons. The maximum Gasteiger partial charge on any atom is 0.341 e. The Balaban J connectivity index is 1.85. The molecule has 3 rings (SSSR count). The van der Waals surface area contributed by atoms with Crippen LogP contribution in [0.3, 0.4) is 0 Å². The van der Waals surface area contributed by atoms with Gasteiger partial charge in [0, 0.05) is 24.7 Å². The average molecular weight is 328 g/mol. The summed E-state index contributed by atoms with van der Waals surface area (Å²) in [5.74, 6) is 0.375. The van der Waals surface area contributed by atoms with Gasteiger partial charge in [-0.25, -0.2) is 14.2 Å². The van der Waals surface area contributed by atoms with Crippen LogP contribution in [-0.4, -0.2) is 30.1 Å². The number of rotatable bonds is 4. The minimum atomic E-state index is -0.349. The zero-order valence-corrected chi connectivity index (χ0v) is 13.9. The smallest absolute Gasteiger partial charge is 0.341 e. The number of halogens is 1. The molecule has 0 aliphatic carbocycles. The average Bonchev–Trinajstić information content (AvgIpc) is 2.97. The maximum atomic E-state index is 13.1. The van der Waals surface area contributed by atoms with Crippen molar-refractivity contribution in [1.82, 2.24) is 4.98 Å². The molecule has 0 N–H and O–H groups in total. The number of aromatic nitrogens is 1. The van der Waals surface area contributed by atoms with E-state index in [4.69, 9.17) is 4.74 Å². The van der Waals surface area contributed by atoms with E-state index >= 15 is 0 Å². The first-order valence-electron chi connectivity index (χ1n) is 8.24. The number of pyridine rings is 1. The number of carbonyl (C=O) groups excluding carboxylic acids is 1. The number of benzene rings is 1. The lowest BCUT2D eigenvalue weighted by atomic mass is 9.97. The second-order valence-corrected chi connectivity index (χ2v) is 6.08. The first-order valence-corrected chi connectivity index (χ1v) is 8.24. The molecule has 1 aliphatic rings. The maximum absolute atomic E-state index is 13.1. The van der Waals surface area contributed by atoms with Crippen LogP contribution >= 0.6 is 0 Å². The molecule has 0 saturated carbocycles. The quantitative estimate of drug-likeness (QED) is 0.801. The molecule has 1 aromatic heterocycles. The largest absolute Gasteiger partial charge is 0.462 e. The SMILES string of the molecule is CCOC(=O)c1cccnc1N1CC(c2ccc(F)cc2)CC1C. The van der Waals surface area contributed by atoms with Crippen molar-refractivity contribution < 1.29 is 13.9 Å². The molecule has 2 unspecified atom stereocenters. The van der Waals surface area contributed by atoms with Crippen LogP contribution in [0.5, 0.6) is 0 Å². The standard InChI is InChI=1S/C19H21FN2O2/c1-3-24-19(23)17-5-4-10-21-18(17)22-12-15(11-13(22)2)14-6-8-16(20)9-7-14/h4-10,13,15H,3,11-12H2,1-2H3. The molecule has 0 spiro atoms. The molecule has 4 nitrogen and oxygen atoms in total. The molecule has 1 fully saturated rings. The number of ether oxygens (including phenoxy) is 1. The highest BCUT2D eigenvalue weighted by atomic mass is 19.1. The van der Waals surface area contributed by atoms with Crippen LogP contribution in [0.2, 0.25) is 0 Å². The number of nitrogens with zero attached hydrogens (tertiary/aromatic N) is 2. The fourth-order valence-electron chi connectivity index (χ4n) is 3.30. The molecular weight excluding hydrogens is 307 g/mol. The first-order chi connectivity index (χ1) is 11.6. The van der Waals surface area contributed by atoms with E-state index in [1.807, 2.05) is 12.1 Å². The van der Waals surface area contributed by atoms with Crippen LogP contribution in [0.4, 0.5) is 10.2 Å². The van der Waals surface area contributed by atoms with E-state index in [1.165, 1.54) is 12.1 Å². The Morgan fingerprint density at radius 1 is 1.33 bits per heavy atom. The normalized spacial score (nSPS) is 20.2. The van der Waals surface area contributed by atoms with E-state index in [2.05, 4.69) is 16.8 Å². The minimum absolute atomic E-state index is 0.226. The number of hydrogen-bond donors (Lipinski definition) is 0. The van der Waals surface area contributed by atoms with E-state index in [1.54, 1.807) is 25.3 Å². The van der Waals surface area contributed by atoms with Crippen molar-refractivity contribution in [2.75, 3.05) is 18.1 Å². The molecule has 0 radical (unpaired) electrons. The monoisotopic (exact) mass is 328 g/mol. The van der Waals surface area contributed by atoms with Crippen LogP contribution in [0.1, 0.15) is 42.1 Å². The summed E-state index contributed by atoms with van der Waals surface area (Å²) in [6.07, 6.45) is 2.63. The summed E-state index contributed by atoms with van der Waals surface area (Å²) in [5.41, 5.74) is 1.60. The third kappa shape index (κ3) is 3.25. The Bertz CT molecular complexity index is 718. The lowest BCUT2D eigenvalue weighted by Crippen LogP contribution is -2.29. The fraction of sp³-hybridized carbons (Fsp3) is 0.368. The second-order valence-electron chi connectivity index (χ2n) is 6.08. The van der Waals surface area contributed by atoms with Crippen molar-refractivity contribution >= 4 is 11.8 Å². The summed E-state index contributed by atoms with van der Waals surface area (Å²) in [4.78, 5) is 18.7. The zero-order chi connectivity index (χ0) is 17.1. The van der Waals surface area contributed by atoms with E-state index in [-0.39, 0.29) is 23.7 Å². The predicted molar refractivity (Wildman–Crippen MR) is 90.8 cm³/mol. The van der Waals surface area contributed by atoms with Crippen LogP contribution in [0.25, 0.3) is 0 Å². The lowest BCUT2D eigenvalue weighted by Gasteiger charge is -2.24. The van der Waals surface area contributed by atoms with Gasteiger partial charge in [0.05, 0.1) is 6.61 Å². The Hall–Kier alpha value is -2.43. The molecule has 2 aromatic rings.